The van der Waals surface area contributed by atoms with Crippen LogP contribution in [0.1, 0.15) is 12.5 Å². The van der Waals surface area contributed by atoms with Crippen LogP contribution in [0, 0.1) is 0 Å². The summed E-state index contributed by atoms with van der Waals surface area (Å²) in [6, 6.07) is 11.7. The molecule has 2 heterocycles. The molecule has 12 heteroatoms. The number of carbonyl (C=O) groups excluding carboxylic acids is 1. The fraction of sp³-hybridized carbons (Fsp3) is 0.211. The molecule has 1 amide bonds. The first-order valence-electron chi connectivity index (χ1n) is 9.19. The molecule has 0 saturated carbocycles. The highest BCUT2D eigenvalue weighted by molar-refractivity contribution is 7.89. The second-order valence-electron chi connectivity index (χ2n) is 6.98. The number of benzene rings is 2. The molecule has 1 aliphatic heterocycles. The summed E-state index contributed by atoms with van der Waals surface area (Å²) in [5.41, 5.74) is 3.02. The van der Waals surface area contributed by atoms with E-state index in [1.807, 2.05) is 30.3 Å². The van der Waals surface area contributed by atoms with Crippen LogP contribution in [0.25, 0.3) is 11.3 Å². The van der Waals surface area contributed by atoms with Crippen molar-refractivity contribution in [2.75, 3.05) is 6.54 Å². The minimum Gasteiger partial charge on any atom is -0.289 e. The van der Waals surface area contributed by atoms with Gasteiger partial charge in [0.2, 0.25) is 10.0 Å². The van der Waals surface area contributed by atoms with Crippen molar-refractivity contribution in [1.82, 2.24) is 24.8 Å². The van der Waals surface area contributed by atoms with Gasteiger partial charge in [0.1, 0.15) is 11.7 Å². The number of hydrogen-bond acceptors (Lipinski definition) is 6. The molecule has 1 aliphatic rings. The molecule has 0 unspecified atom stereocenters. The molecule has 2 N–H and O–H groups in total. The van der Waals surface area contributed by atoms with Crippen molar-refractivity contribution in [3.05, 3.63) is 64.8 Å². The highest BCUT2D eigenvalue weighted by Crippen LogP contribution is 2.34. The van der Waals surface area contributed by atoms with Crippen molar-refractivity contribution in [2.45, 2.75) is 23.4 Å². The largest absolute Gasteiger partial charge is 0.289 e. The summed E-state index contributed by atoms with van der Waals surface area (Å²) in [4.78, 5) is 12.2. The van der Waals surface area contributed by atoms with Gasteiger partial charge in [0, 0.05) is 12.1 Å². The number of aromatic nitrogens is 3. The Labute approximate surface area is 188 Å². The monoisotopic (exact) mass is 481 g/mol. The van der Waals surface area contributed by atoms with Gasteiger partial charge in [0.25, 0.3) is 5.91 Å². The molecular formula is C19H17Cl2N5O4S. The summed E-state index contributed by atoms with van der Waals surface area (Å²) < 4.78 is 29.1. The Morgan fingerprint density at radius 1 is 1.13 bits per heavy atom. The third-order valence-electron chi connectivity index (χ3n) is 5.10. The Hall–Kier alpha value is -2.50. The second-order valence-corrected chi connectivity index (χ2v) is 9.69. The van der Waals surface area contributed by atoms with Gasteiger partial charge >= 0.3 is 0 Å². The Balaban J connectivity index is 1.66. The SMILES string of the molecule is O=C(NO)[C@H]1C[C@H](n2cc(-c3ccccc3)nn2)CN1S(=O)(=O)c1ccc(Cl)c(Cl)c1. The summed E-state index contributed by atoms with van der Waals surface area (Å²) in [5, 5.41) is 17.7. The number of carbonyl (C=O) groups is 1. The fourth-order valence-electron chi connectivity index (χ4n) is 3.52. The Kier molecular flexibility index (Phi) is 6.00. The molecule has 1 aromatic heterocycles. The van der Waals surface area contributed by atoms with Gasteiger partial charge in [-0.3, -0.25) is 10.0 Å². The molecule has 3 aromatic rings. The first kappa shape index (κ1) is 21.7. The zero-order valence-electron chi connectivity index (χ0n) is 15.9. The maximum atomic E-state index is 13.2. The maximum Gasteiger partial charge on any atom is 0.261 e. The molecule has 4 rings (SSSR count). The molecule has 9 nitrogen and oxygen atoms in total. The van der Waals surface area contributed by atoms with E-state index in [1.54, 1.807) is 11.7 Å². The molecule has 0 spiro atoms. The van der Waals surface area contributed by atoms with Crippen LogP contribution >= 0.6 is 23.2 Å². The van der Waals surface area contributed by atoms with Crippen LogP contribution in [0.5, 0.6) is 0 Å². The van der Waals surface area contributed by atoms with Crippen molar-refractivity contribution in [3.8, 4) is 11.3 Å². The Bertz CT molecular complexity index is 1220. The van der Waals surface area contributed by atoms with Crippen molar-refractivity contribution >= 4 is 39.1 Å². The summed E-state index contributed by atoms with van der Waals surface area (Å²) >= 11 is 11.9. The van der Waals surface area contributed by atoms with E-state index in [0.29, 0.717) is 5.69 Å². The van der Waals surface area contributed by atoms with Gasteiger partial charge in [-0.2, -0.15) is 4.31 Å². The van der Waals surface area contributed by atoms with E-state index in [-0.39, 0.29) is 27.9 Å². The molecule has 1 fully saturated rings. The maximum absolute atomic E-state index is 13.2. The van der Waals surface area contributed by atoms with Crippen LogP contribution in [-0.4, -0.2) is 51.4 Å². The number of nitrogens with one attached hydrogen (secondary N) is 1. The van der Waals surface area contributed by atoms with Crippen LogP contribution in [0.2, 0.25) is 10.0 Å². The summed E-state index contributed by atoms with van der Waals surface area (Å²) in [6.07, 6.45) is 1.80. The lowest BCUT2D eigenvalue weighted by molar-refractivity contribution is -0.132. The summed E-state index contributed by atoms with van der Waals surface area (Å²) in [7, 11) is -4.11. The van der Waals surface area contributed by atoms with Crippen LogP contribution < -0.4 is 5.48 Å². The predicted octanol–water partition coefficient (Wildman–Crippen LogP) is 2.76. The molecule has 1 saturated heterocycles. The number of hydrogen-bond donors (Lipinski definition) is 2. The highest BCUT2D eigenvalue weighted by Gasteiger charge is 2.45. The van der Waals surface area contributed by atoms with Crippen molar-refractivity contribution in [2.24, 2.45) is 0 Å². The normalized spacial score (nSPS) is 19.5. The number of rotatable bonds is 5. The second kappa shape index (κ2) is 8.56. The number of sulfonamides is 1. The molecule has 2 atom stereocenters. The summed E-state index contributed by atoms with van der Waals surface area (Å²) in [6.45, 7) is -0.0434. The minimum atomic E-state index is -4.11. The van der Waals surface area contributed by atoms with E-state index >= 15 is 0 Å². The molecule has 162 valence electrons. The van der Waals surface area contributed by atoms with E-state index in [1.165, 1.54) is 22.9 Å². The van der Waals surface area contributed by atoms with Crippen molar-refractivity contribution in [1.29, 1.82) is 0 Å². The number of amides is 1. The van der Waals surface area contributed by atoms with Crippen LogP contribution in [-0.2, 0) is 14.8 Å². The van der Waals surface area contributed by atoms with E-state index < -0.39 is 28.0 Å². The van der Waals surface area contributed by atoms with E-state index in [2.05, 4.69) is 10.3 Å². The quantitative estimate of drug-likeness (QED) is 0.427. The third-order valence-corrected chi connectivity index (χ3v) is 7.71. The van der Waals surface area contributed by atoms with E-state index in [9.17, 15) is 13.2 Å². The van der Waals surface area contributed by atoms with Crippen LogP contribution in [0.3, 0.4) is 0 Å². The van der Waals surface area contributed by atoms with E-state index in [0.717, 1.165) is 9.87 Å². The van der Waals surface area contributed by atoms with Gasteiger partial charge in [-0.1, -0.05) is 58.7 Å². The highest BCUT2D eigenvalue weighted by atomic mass is 35.5. The van der Waals surface area contributed by atoms with Crippen molar-refractivity contribution < 1.29 is 18.4 Å². The molecule has 31 heavy (non-hydrogen) atoms. The standard InChI is InChI=1S/C19H17Cl2N5O4S/c20-15-7-6-14(9-16(15)21)31(29,30)26-10-13(8-18(26)19(27)23-28)25-11-17(22-24-25)12-4-2-1-3-5-12/h1-7,9,11,13,18,28H,8,10H2,(H,23,27)/t13-,18+/m0/s1. The van der Waals surface area contributed by atoms with Crippen molar-refractivity contribution in [3.63, 3.8) is 0 Å². The van der Waals surface area contributed by atoms with Gasteiger partial charge in [0.05, 0.1) is 27.2 Å². The third kappa shape index (κ3) is 4.17. The number of nitrogens with zero attached hydrogens (tertiary/aromatic N) is 4. The summed E-state index contributed by atoms with van der Waals surface area (Å²) in [5.74, 6) is -0.838. The first-order chi connectivity index (χ1) is 14.8. The average Bonchev–Trinajstić information content (AvgIpc) is 3.43. The van der Waals surface area contributed by atoms with Gasteiger partial charge < -0.3 is 0 Å². The van der Waals surface area contributed by atoms with Gasteiger partial charge in [-0.05, 0) is 24.6 Å². The minimum absolute atomic E-state index is 0.0434. The predicted molar refractivity (Wildman–Crippen MR) is 113 cm³/mol. The Morgan fingerprint density at radius 2 is 1.87 bits per heavy atom. The Morgan fingerprint density at radius 3 is 2.55 bits per heavy atom. The van der Waals surface area contributed by atoms with Gasteiger partial charge in [-0.25, -0.2) is 18.6 Å². The number of halogens is 2. The lowest BCUT2D eigenvalue weighted by Crippen LogP contribution is -2.45. The fourth-order valence-corrected chi connectivity index (χ4v) is 5.55. The van der Waals surface area contributed by atoms with Gasteiger partial charge in [-0.15, -0.1) is 5.10 Å². The van der Waals surface area contributed by atoms with Crippen LogP contribution in [0.15, 0.2) is 59.6 Å². The van der Waals surface area contributed by atoms with E-state index in [4.69, 9.17) is 28.4 Å². The van der Waals surface area contributed by atoms with Crippen LogP contribution in [0.4, 0.5) is 0 Å². The molecule has 0 radical (unpaired) electrons. The number of hydroxylamine groups is 1. The zero-order valence-corrected chi connectivity index (χ0v) is 18.2. The van der Waals surface area contributed by atoms with Gasteiger partial charge in [0.15, 0.2) is 0 Å². The lowest BCUT2D eigenvalue weighted by Gasteiger charge is -2.22. The first-order valence-corrected chi connectivity index (χ1v) is 11.4. The average molecular weight is 482 g/mol. The lowest BCUT2D eigenvalue weighted by atomic mass is 10.1. The molecule has 0 bridgehead atoms. The zero-order chi connectivity index (χ0) is 22.2. The molecule has 2 aromatic carbocycles. The smallest absolute Gasteiger partial charge is 0.261 e. The topological polar surface area (TPSA) is 117 Å². The molecule has 0 aliphatic carbocycles. The molecular weight excluding hydrogens is 465 g/mol.